The van der Waals surface area contributed by atoms with Crippen LogP contribution >= 0.6 is 0 Å². The van der Waals surface area contributed by atoms with Gasteiger partial charge in [0, 0.05) is 18.7 Å². The van der Waals surface area contributed by atoms with E-state index in [1.165, 1.54) is 24.3 Å². The largest absolute Gasteiger partial charge is 0.449 e. The molecule has 2 rings (SSSR count). The van der Waals surface area contributed by atoms with Crippen LogP contribution in [0.4, 0.5) is 18.9 Å². The molecule has 0 N–H and O–H groups in total. The summed E-state index contributed by atoms with van der Waals surface area (Å²) in [5.74, 6) is -1.05. The highest BCUT2D eigenvalue weighted by Crippen LogP contribution is 2.25. The Balaban J connectivity index is 2.05. The van der Waals surface area contributed by atoms with E-state index in [1.807, 2.05) is 0 Å². The number of ether oxygens (including phenoxy) is 1. The molecule has 1 heterocycles. The number of carbonyl (C=O) groups is 2. The highest BCUT2D eigenvalue weighted by Gasteiger charge is 2.39. The molecule has 4 nitrogen and oxygen atoms in total. The van der Waals surface area contributed by atoms with Crippen LogP contribution in [0.1, 0.15) is 30.1 Å². The van der Waals surface area contributed by atoms with Crippen LogP contribution in [-0.2, 0) is 9.53 Å². The van der Waals surface area contributed by atoms with Crippen LogP contribution < -0.4 is 4.90 Å². The maximum atomic E-state index is 12.3. The normalized spacial score (nSPS) is 17.0. The van der Waals surface area contributed by atoms with E-state index in [1.54, 1.807) is 4.90 Å². The van der Waals surface area contributed by atoms with Crippen LogP contribution in [0, 0.1) is 0 Å². The van der Waals surface area contributed by atoms with Crippen molar-refractivity contribution in [1.29, 1.82) is 0 Å². The highest BCUT2D eigenvalue weighted by molar-refractivity contribution is 5.96. The van der Waals surface area contributed by atoms with Crippen molar-refractivity contribution in [2.24, 2.45) is 0 Å². The molecule has 1 fully saturated rings. The molecule has 0 radical (unpaired) electrons. The number of hydrogen-bond acceptors (Lipinski definition) is 3. The Morgan fingerprint density at radius 1 is 1.29 bits per heavy atom. The molecular weight excluding hydrogens is 287 g/mol. The average Bonchev–Trinajstić information content (AvgIpc) is 2.84. The van der Waals surface area contributed by atoms with E-state index in [2.05, 4.69) is 4.74 Å². The fourth-order valence-corrected chi connectivity index (χ4v) is 1.99. The minimum Gasteiger partial charge on any atom is -0.449 e. The van der Waals surface area contributed by atoms with Gasteiger partial charge in [0.05, 0.1) is 5.56 Å². The van der Waals surface area contributed by atoms with E-state index < -0.39 is 18.2 Å². The summed E-state index contributed by atoms with van der Waals surface area (Å²) in [7, 11) is 0. The highest BCUT2D eigenvalue weighted by atomic mass is 19.4. The number of hydrogen-bond donors (Lipinski definition) is 0. The summed E-state index contributed by atoms with van der Waals surface area (Å²) in [6.45, 7) is 1.38. The zero-order valence-corrected chi connectivity index (χ0v) is 11.3. The quantitative estimate of drug-likeness (QED) is 0.806. The lowest BCUT2D eigenvalue weighted by Gasteiger charge is -2.17. The molecule has 0 spiro atoms. The number of amides is 1. The van der Waals surface area contributed by atoms with Crippen molar-refractivity contribution in [2.45, 2.75) is 32.0 Å². The van der Waals surface area contributed by atoms with E-state index in [0.29, 0.717) is 18.7 Å². The molecular formula is C14H14F3NO3. The first-order valence-corrected chi connectivity index (χ1v) is 6.47. The second-order valence-corrected chi connectivity index (χ2v) is 4.78. The first-order valence-electron chi connectivity index (χ1n) is 6.47. The first-order chi connectivity index (χ1) is 9.79. The second kappa shape index (κ2) is 5.75. The molecule has 1 aromatic carbocycles. The fraction of sp³-hybridized carbons (Fsp3) is 0.429. The predicted octanol–water partition coefficient (Wildman–Crippen LogP) is 2.92. The summed E-state index contributed by atoms with van der Waals surface area (Å²) in [4.78, 5) is 24.7. The third-order valence-electron chi connectivity index (χ3n) is 3.23. The topological polar surface area (TPSA) is 46.6 Å². The molecule has 0 saturated carbocycles. The Morgan fingerprint density at radius 3 is 2.38 bits per heavy atom. The van der Waals surface area contributed by atoms with Crippen molar-refractivity contribution in [1.82, 2.24) is 0 Å². The van der Waals surface area contributed by atoms with Crippen molar-refractivity contribution in [3.05, 3.63) is 29.8 Å². The molecule has 7 heteroatoms. The predicted molar refractivity (Wildman–Crippen MR) is 69.0 cm³/mol. The second-order valence-electron chi connectivity index (χ2n) is 4.78. The van der Waals surface area contributed by atoms with Gasteiger partial charge in [-0.05, 0) is 37.6 Å². The van der Waals surface area contributed by atoms with Gasteiger partial charge >= 0.3 is 12.1 Å². The number of benzene rings is 1. The lowest BCUT2D eigenvalue weighted by Crippen LogP contribution is -2.30. The summed E-state index contributed by atoms with van der Waals surface area (Å²) >= 11 is 0. The standard InChI is InChI=1S/C14H14F3NO3/c1-9(14(15,16)17)21-13(20)10-4-6-11(7-5-10)18-8-2-3-12(18)19/h4-7,9H,2-3,8H2,1H3. The molecule has 1 aliphatic heterocycles. The molecule has 21 heavy (non-hydrogen) atoms. The van der Waals surface area contributed by atoms with E-state index in [9.17, 15) is 22.8 Å². The van der Waals surface area contributed by atoms with Gasteiger partial charge in [-0.3, -0.25) is 4.79 Å². The molecule has 1 saturated heterocycles. The minimum absolute atomic E-state index is 0.00369. The smallest absolute Gasteiger partial charge is 0.425 e. The monoisotopic (exact) mass is 301 g/mol. The van der Waals surface area contributed by atoms with E-state index >= 15 is 0 Å². The first kappa shape index (κ1) is 15.3. The van der Waals surface area contributed by atoms with Crippen LogP contribution in [0.25, 0.3) is 0 Å². The van der Waals surface area contributed by atoms with Crippen molar-refractivity contribution in [3.8, 4) is 0 Å². The molecule has 0 aromatic heterocycles. The summed E-state index contributed by atoms with van der Waals surface area (Å²) in [6, 6.07) is 5.76. The molecule has 1 aliphatic rings. The molecule has 1 atom stereocenters. The fourth-order valence-electron chi connectivity index (χ4n) is 1.99. The number of anilines is 1. The van der Waals surface area contributed by atoms with E-state index in [-0.39, 0.29) is 11.5 Å². The number of nitrogens with zero attached hydrogens (tertiary/aromatic N) is 1. The molecule has 1 unspecified atom stereocenters. The molecule has 1 aromatic rings. The average molecular weight is 301 g/mol. The summed E-state index contributed by atoms with van der Waals surface area (Å²) in [5.41, 5.74) is 0.638. The van der Waals surface area contributed by atoms with Gasteiger partial charge in [-0.1, -0.05) is 0 Å². The van der Waals surface area contributed by atoms with Gasteiger partial charge in [-0.15, -0.1) is 0 Å². The van der Waals surface area contributed by atoms with Crippen LogP contribution in [-0.4, -0.2) is 30.7 Å². The van der Waals surface area contributed by atoms with Crippen LogP contribution in [0.3, 0.4) is 0 Å². The third-order valence-corrected chi connectivity index (χ3v) is 3.23. The van der Waals surface area contributed by atoms with Gasteiger partial charge in [0.25, 0.3) is 0 Å². The van der Waals surface area contributed by atoms with Gasteiger partial charge in [0.1, 0.15) is 0 Å². The number of halogens is 3. The maximum absolute atomic E-state index is 12.3. The van der Waals surface area contributed by atoms with Gasteiger partial charge < -0.3 is 9.64 Å². The van der Waals surface area contributed by atoms with Crippen molar-refractivity contribution >= 4 is 17.6 Å². The lowest BCUT2D eigenvalue weighted by molar-refractivity contribution is -0.198. The molecule has 0 aliphatic carbocycles. The van der Waals surface area contributed by atoms with Crippen molar-refractivity contribution in [2.75, 3.05) is 11.4 Å². The van der Waals surface area contributed by atoms with Gasteiger partial charge in [-0.2, -0.15) is 13.2 Å². The maximum Gasteiger partial charge on any atom is 0.425 e. The van der Waals surface area contributed by atoms with Crippen LogP contribution in [0.15, 0.2) is 24.3 Å². The summed E-state index contributed by atoms with van der Waals surface area (Å²) in [6.07, 6.45) is -5.50. The number of carbonyl (C=O) groups excluding carboxylic acids is 2. The Hall–Kier alpha value is -2.05. The van der Waals surface area contributed by atoms with E-state index in [4.69, 9.17) is 0 Å². The summed E-state index contributed by atoms with van der Waals surface area (Å²) in [5, 5.41) is 0. The number of alkyl halides is 3. The molecule has 114 valence electrons. The zero-order chi connectivity index (χ0) is 15.6. The molecule has 1 amide bonds. The van der Waals surface area contributed by atoms with Gasteiger partial charge in [0.15, 0.2) is 6.10 Å². The van der Waals surface area contributed by atoms with Crippen molar-refractivity contribution in [3.63, 3.8) is 0 Å². The SMILES string of the molecule is CC(OC(=O)c1ccc(N2CCCC2=O)cc1)C(F)(F)F. The Kier molecular flexibility index (Phi) is 4.20. The minimum atomic E-state index is -4.59. The Bertz CT molecular complexity index is 539. The summed E-state index contributed by atoms with van der Waals surface area (Å²) < 4.78 is 41.3. The number of rotatable bonds is 3. The van der Waals surface area contributed by atoms with Crippen LogP contribution in [0.2, 0.25) is 0 Å². The number of esters is 1. The van der Waals surface area contributed by atoms with Crippen molar-refractivity contribution < 1.29 is 27.5 Å². The van der Waals surface area contributed by atoms with E-state index in [0.717, 1.165) is 13.3 Å². The Labute approximate surface area is 119 Å². The zero-order valence-electron chi connectivity index (χ0n) is 11.3. The third kappa shape index (κ3) is 3.53. The Morgan fingerprint density at radius 2 is 1.90 bits per heavy atom. The van der Waals surface area contributed by atoms with Gasteiger partial charge in [0.2, 0.25) is 5.91 Å². The lowest BCUT2D eigenvalue weighted by atomic mass is 10.2. The van der Waals surface area contributed by atoms with Crippen LogP contribution in [0.5, 0.6) is 0 Å². The molecule has 0 bridgehead atoms. The van der Waals surface area contributed by atoms with Gasteiger partial charge in [-0.25, -0.2) is 4.79 Å².